The number of nitrogens with zero attached hydrogens (tertiary/aromatic N) is 1. The molecule has 0 aliphatic heterocycles. The van der Waals surface area contributed by atoms with Gasteiger partial charge in [0.25, 0.3) is 0 Å². The van der Waals surface area contributed by atoms with E-state index in [1.807, 2.05) is 4.72 Å². The third kappa shape index (κ3) is 4.34. The molecule has 0 amide bonds. The Labute approximate surface area is 121 Å². The van der Waals surface area contributed by atoms with E-state index >= 15 is 0 Å². The molecule has 0 fully saturated rings. The van der Waals surface area contributed by atoms with Crippen LogP contribution in [0.4, 0.5) is 0 Å². The van der Waals surface area contributed by atoms with Gasteiger partial charge in [0.15, 0.2) is 16.7 Å². The second kappa shape index (κ2) is 6.43. The maximum atomic E-state index is 11.7. The van der Waals surface area contributed by atoms with E-state index in [2.05, 4.69) is 0 Å². The molecule has 114 valence electrons. The van der Waals surface area contributed by atoms with Gasteiger partial charge in [-0.05, 0) is 31.0 Å². The number of aliphatic carboxylic acids is 1. The first-order valence-electron chi connectivity index (χ1n) is 5.81. The zero-order valence-corrected chi connectivity index (χ0v) is 11.8. The molecule has 0 aliphatic rings. The number of hydrogen-bond acceptors (Lipinski definition) is 6. The number of carbonyl (C=O) groups is 1. The summed E-state index contributed by atoms with van der Waals surface area (Å²) in [5, 5.41) is 34.8. The van der Waals surface area contributed by atoms with Crippen molar-refractivity contribution in [2.75, 3.05) is 0 Å². The lowest BCUT2D eigenvalue weighted by Gasteiger charge is -2.16. The van der Waals surface area contributed by atoms with E-state index in [1.165, 1.54) is 12.1 Å². The first-order chi connectivity index (χ1) is 9.67. The summed E-state index contributed by atoms with van der Waals surface area (Å²) in [5.74, 6) is -2.23. The highest BCUT2D eigenvalue weighted by atomic mass is 32.2. The van der Waals surface area contributed by atoms with Gasteiger partial charge in [0.2, 0.25) is 10.0 Å². The van der Waals surface area contributed by atoms with Gasteiger partial charge >= 0.3 is 5.97 Å². The molecular formula is C12H14N2O6S. The van der Waals surface area contributed by atoms with Crippen LogP contribution in [0.2, 0.25) is 0 Å². The van der Waals surface area contributed by atoms with E-state index in [0.717, 1.165) is 19.1 Å². The molecule has 0 radical (unpaired) electrons. The lowest BCUT2D eigenvalue weighted by atomic mass is 10.1. The predicted molar refractivity (Wildman–Crippen MR) is 72.0 cm³/mol. The van der Waals surface area contributed by atoms with Gasteiger partial charge in [0.1, 0.15) is 6.04 Å². The number of carboxylic acids is 1. The minimum Gasteiger partial charge on any atom is -0.504 e. The molecule has 1 unspecified atom stereocenters. The number of nitriles is 1. The largest absolute Gasteiger partial charge is 0.504 e. The Morgan fingerprint density at radius 1 is 1.38 bits per heavy atom. The molecule has 8 nitrogen and oxygen atoms in total. The first kappa shape index (κ1) is 16.7. The smallest absolute Gasteiger partial charge is 0.322 e. The molecule has 9 heteroatoms. The Kier molecular flexibility index (Phi) is 5.12. The molecule has 0 aliphatic carbocycles. The molecule has 2 atom stereocenters. The van der Waals surface area contributed by atoms with Crippen molar-refractivity contribution in [3.05, 3.63) is 23.8 Å². The highest BCUT2D eigenvalue weighted by molar-refractivity contribution is 7.90. The first-order valence-corrected chi connectivity index (χ1v) is 7.36. The molecule has 0 saturated carbocycles. The minimum absolute atomic E-state index is 0.249. The Morgan fingerprint density at radius 3 is 2.48 bits per heavy atom. The summed E-state index contributed by atoms with van der Waals surface area (Å²) in [7, 11) is -4.10. The highest BCUT2D eigenvalue weighted by Crippen LogP contribution is 2.25. The maximum absolute atomic E-state index is 11.7. The van der Waals surface area contributed by atoms with Crippen LogP contribution in [0.3, 0.4) is 0 Å². The van der Waals surface area contributed by atoms with Gasteiger partial charge in [0, 0.05) is 0 Å². The Morgan fingerprint density at radius 2 is 2.00 bits per heavy atom. The SMILES string of the molecule is CC(C#N)S(=O)(=O)N[C@@H](Cc1ccc(O)c(O)c1)C(=O)O. The third-order valence-electron chi connectivity index (χ3n) is 2.73. The zero-order chi connectivity index (χ0) is 16.2. The molecule has 0 saturated heterocycles. The maximum Gasteiger partial charge on any atom is 0.322 e. The van der Waals surface area contributed by atoms with Crippen LogP contribution < -0.4 is 4.72 Å². The predicted octanol–water partition coefficient (Wildman–Crippen LogP) is -0.0750. The molecule has 0 heterocycles. The van der Waals surface area contributed by atoms with Crippen LogP contribution in [0.5, 0.6) is 11.5 Å². The fourth-order valence-electron chi connectivity index (χ4n) is 1.48. The topological polar surface area (TPSA) is 148 Å². The number of benzene rings is 1. The second-order valence-corrected chi connectivity index (χ2v) is 6.39. The van der Waals surface area contributed by atoms with Gasteiger partial charge in [0.05, 0.1) is 6.07 Å². The average molecular weight is 314 g/mol. The second-order valence-electron chi connectivity index (χ2n) is 4.35. The molecule has 1 rings (SSSR count). The standard InChI is InChI=1S/C12H14N2O6S/c1-7(6-13)21(19,20)14-9(12(17)18)4-8-2-3-10(15)11(16)5-8/h2-3,5,7,9,14-16H,4H2,1H3,(H,17,18)/t7?,9-/m0/s1. The number of phenols is 2. The van der Waals surface area contributed by atoms with Crippen LogP contribution in [0.25, 0.3) is 0 Å². The molecule has 0 spiro atoms. The van der Waals surface area contributed by atoms with E-state index < -0.39 is 33.0 Å². The molecular weight excluding hydrogens is 300 g/mol. The Balaban J connectivity index is 2.96. The molecule has 4 N–H and O–H groups in total. The Bertz CT molecular complexity index is 679. The van der Waals surface area contributed by atoms with Gasteiger partial charge < -0.3 is 15.3 Å². The summed E-state index contributed by atoms with van der Waals surface area (Å²) in [4.78, 5) is 11.1. The van der Waals surface area contributed by atoms with Crippen molar-refractivity contribution in [3.8, 4) is 17.6 Å². The minimum atomic E-state index is -4.10. The van der Waals surface area contributed by atoms with Gasteiger partial charge in [-0.25, -0.2) is 8.42 Å². The van der Waals surface area contributed by atoms with Crippen LogP contribution in [-0.4, -0.2) is 41.0 Å². The van der Waals surface area contributed by atoms with Gasteiger partial charge in [-0.1, -0.05) is 6.07 Å². The number of phenolic OH excluding ortho intramolecular Hbond substituents is 2. The van der Waals surface area contributed by atoms with Crippen molar-refractivity contribution < 1.29 is 28.5 Å². The van der Waals surface area contributed by atoms with E-state index in [4.69, 9.17) is 15.5 Å². The number of sulfonamides is 1. The molecule has 1 aromatic carbocycles. The fraction of sp³-hybridized carbons (Fsp3) is 0.333. The highest BCUT2D eigenvalue weighted by Gasteiger charge is 2.28. The van der Waals surface area contributed by atoms with Gasteiger partial charge in [-0.15, -0.1) is 0 Å². The van der Waals surface area contributed by atoms with Crippen LogP contribution in [0.15, 0.2) is 18.2 Å². The van der Waals surface area contributed by atoms with Crippen molar-refractivity contribution >= 4 is 16.0 Å². The van der Waals surface area contributed by atoms with Crippen LogP contribution in [-0.2, 0) is 21.2 Å². The molecule has 0 bridgehead atoms. The normalized spacial score (nSPS) is 14.1. The van der Waals surface area contributed by atoms with E-state index in [1.54, 1.807) is 0 Å². The summed E-state index contributed by atoms with van der Waals surface area (Å²) in [6.07, 6.45) is -0.249. The quantitative estimate of drug-likeness (QED) is 0.537. The molecule has 0 aromatic heterocycles. The third-order valence-corrected chi connectivity index (χ3v) is 4.38. The summed E-state index contributed by atoms with van der Waals surface area (Å²) in [6.45, 7) is 1.13. The number of nitrogens with one attached hydrogen (secondary N) is 1. The van der Waals surface area contributed by atoms with Crippen molar-refractivity contribution in [2.24, 2.45) is 0 Å². The van der Waals surface area contributed by atoms with Gasteiger partial charge in [-0.2, -0.15) is 9.98 Å². The average Bonchev–Trinajstić information content (AvgIpc) is 2.40. The number of carboxylic acid groups (broad SMARTS) is 1. The van der Waals surface area contributed by atoms with Crippen molar-refractivity contribution in [2.45, 2.75) is 24.6 Å². The monoisotopic (exact) mass is 314 g/mol. The molecule has 1 aromatic rings. The Hall–Kier alpha value is -2.31. The number of rotatable bonds is 6. The van der Waals surface area contributed by atoms with E-state index in [9.17, 15) is 18.3 Å². The lowest BCUT2D eigenvalue weighted by Crippen LogP contribution is -2.45. The molecule has 21 heavy (non-hydrogen) atoms. The summed E-state index contributed by atoms with van der Waals surface area (Å²) >= 11 is 0. The van der Waals surface area contributed by atoms with Crippen molar-refractivity contribution in [3.63, 3.8) is 0 Å². The number of hydrogen-bond donors (Lipinski definition) is 4. The van der Waals surface area contributed by atoms with Gasteiger partial charge in [-0.3, -0.25) is 4.79 Å². The van der Waals surface area contributed by atoms with Crippen molar-refractivity contribution in [1.29, 1.82) is 5.26 Å². The summed E-state index contributed by atoms with van der Waals surface area (Å²) in [5.41, 5.74) is 0.310. The summed E-state index contributed by atoms with van der Waals surface area (Å²) < 4.78 is 25.3. The lowest BCUT2D eigenvalue weighted by molar-refractivity contribution is -0.138. The van der Waals surface area contributed by atoms with Crippen molar-refractivity contribution in [1.82, 2.24) is 4.72 Å². The summed E-state index contributed by atoms with van der Waals surface area (Å²) in [6, 6.07) is 3.67. The number of aromatic hydroxyl groups is 2. The zero-order valence-electron chi connectivity index (χ0n) is 11.0. The fourth-order valence-corrected chi connectivity index (χ4v) is 2.40. The van der Waals surface area contributed by atoms with Crippen LogP contribution in [0.1, 0.15) is 12.5 Å². The van der Waals surface area contributed by atoms with Crippen LogP contribution in [0, 0.1) is 11.3 Å². The van der Waals surface area contributed by atoms with E-state index in [0.29, 0.717) is 5.56 Å². The van der Waals surface area contributed by atoms with E-state index in [-0.39, 0.29) is 12.2 Å². The van der Waals surface area contributed by atoms with Crippen LogP contribution >= 0.6 is 0 Å².